The predicted molar refractivity (Wildman–Crippen MR) is 101 cm³/mol. The first-order valence-electron chi connectivity index (χ1n) is 7.77. The average Bonchev–Trinajstić information content (AvgIpc) is 2.60. The van der Waals surface area contributed by atoms with E-state index >= 15 is 0 Å². The van der Waals surface area contributed by atoms with Crippen LogP contribution in [0.3, 0.4) is 0 Å². The van der Waals surface area contributed by atoms with E-state index < -0.39 is 0 Å². The quantitative estimate of drug-likeness (QED) is 0.682. The summed E-state index contributed by atoms with van der Waals surface area (Å²) < 4.78 is 0. The number of aliphatic hydroxyl groups excluding tert-OH is 1. The topological polar surface area (TPSA) is 47.5 Å². The zero-order chi connectivity index (χ0) is 16.5. The molecular weight excluding hydrogens is 306 g/mol. The Morgan fingerprint density at radius 1 is 1.09 bits per heavy atom. The van der Waals surface area contributed by atoms with Crippen molar-refractivity contribution < 1.29 is 5.11 Å². The molecule has 122 valence electrons. The highest BCUT2D eigenvalue weighted by atomic mass is 32.1. The molecule has 2 rings (SSSR count). The van der Waals surface area contributed by atoms with E-state index in [0.29, 0.717) is 18.2 Å². The van der Waals surface area contributed by atoms with E-state index in [1.165, 1.54) is 5.56 Å². The second-order valence-corrected chi connectivity index (χ2v) is 5.55. The van der Waals surface area contributed by atoms with Crippen molar-refractivity contribution in [3.63, 3.8) is 0 Å². The van der Waals surface area contributed by atoms with Crippen molar-refractivity contribution in [2.45, 2.75) is 13.5 Å². The lowest BCUT2D eigenvalue weighted by molar-refractivity contribution is 0.302. The first-order chi connectivity index (χ1) is 11.2. The van der Waals surface area contributed by atoms with Crippen LogP contribution in [0.15, 0.2) is 54.6 Å². The summed E-state index contributed by atoms with van der Waals surface area (Å²) >= 11 is 5.32. The molecule has 0 aliphatic rings. The number of aliphatic hydroxyl groups is 1. The van der Waals surface area contributed by atoms with Gasteiger partial charge in [-0.3, -0.25) is 0 Å². The number of thiocarbonyl (C=S) groups is 1. The van der Waals surface area contributed by atoms with Crippen LogP contribution in [-0.2, 0) is 6.54 Å². The van der Waals surface area contributed by atoms with Crippen LogP contribution in [0.5, 0.6) is 0 Å². The minimum absolute atomic E-state index is 0.154. The van der Waals surface area contributed by atoms with Gasteiger partial charge in [-0.15, -0.1) is 0 Å². The zero-order valence-electron chi connectivity index (χ0n) is 13.3. The molecule has 0 fully saturated rings. The third-order valence-corrected chi connectivity index (χ3v) is 3.78. The third kappa shape index (κ3) is 5.54. The number of rotatable bonds is 7. The lowest BCUT2D eigenvalue weighted by Crippen LogP contribution is -2.28. The highest BCUT2D eigenvalue weighted by molar-refractivity contribution is 7.80. The lowest BCUT2D eigenvalue weighted by Gasteiger charge is -2.22. The second kappa shape index (κ2) is 9.12. The van der Waals surface area contributed by atoms with Gasteiger partial charge in [0.1, 0.15) is 0 Å². The van der Waals surface area contributed by atoms with Crippen LogP contribution in [-0.4, -0.2) is 29.9 Å². The van der Waals surface area contributed by atoms with Crippen LogP contribution in [0, 0.1) is 0 Å². The minimum atomic E-state index is 0.154. The number of benzene rings is 2. The number of hydrogen-bond donors (Lipinski definition) is 3. The van der Waals surface area contributed by atoms with E-state index in [-0.39, 0.29) is 6.61 Å². The standard InChI is InChI=1S/C18H23N3OS/c1-2-21(12-13-22)17-10-8-16(9-11-17)20-18(23)19-14-15-6-4-3-5-7-15/h3-11,22H,2,12-14H2,1H3,(H2,19,20,23). The SMILES string of the molecule is CCN(CCO)c1ccc(NC(=S)NCc2ccccc2)cc1. The van der Waals surface area contributed by atoms with Crippen molar-refractivity contribution in [1.82, 2.24) is 5.32 Å². The summed E-state index contributed by atoms with van der Waals surface area (Å²) in [4.78, 5) is 2.12. The Kier molecular flexibility index (Phi) is 6.84. The van der Waals surface area contributed by atoms with Crippen LogP contribution in [0.25, 0.3) is 0 Å². The summed E-state index contributed by atoms with van der Waals surface area (Å²) in [6, 6.07) is 18.2. The molecular formula is C18H23N3OS. The Balaban J connectivity index is 1.86. The van der Waals surface area contributed by atoms with E-state index in [1.807, 2.05) is 42.5 Å². The van der Waals surface area contributed by atoms with Gasteiger partial charge >= 0.3 is 0 Å². The van der Waals surface area contributed by atoms with Gasteiger partial charge in [-0.25, -0.2) is 0 Å². The summed E-state index contributed by atoms with van der Waals surface area (Å²) in [7, 11) is 0. The summed E-state index contributed by atoms with van der Waals surface area (Å²) in [5, 5.41) is 16.1. The van der Waals surface area contributed by atoms with Crippen molar-refractivity contribution in [2.75, 3.05) is 29.9 Å². The number of nitrogens with zero attached hydrogens (tertiary/aromatic N) is 1. The first-order valence-corrected chi connectivity index (χ1v) is 8.18. The van der Waals surface area contributed by atoms with Crippen LogP contribution in [0.1, 0.15) is 12.5 Å². The van der Waals surface area contributed by atoms with Crippen LogP contribution < -0.4 is 15.5 Å². The molecule has 0 radical (unpaired) electrons. The molecule has 4 nitrogen and oxygen atoms in total. The van der Waals surface area contributed by atoms with Crippen molar-refractivity contribution in [3.8, 4) is 0 Å². The minimum Gasteiger partial charge on any atom is -0.395 e. The molecule has 0 aliphatic heterocycles. The summed E-state index contributed by atoms with van der Waals surface area (Å²) in [5.74, 6) is 0. The van der Waals surface area contributed by atoms with Gasteiger partial charge in [0.05, 0.1) is 6.61 Å². The van der Waals surface area contributed by atoms with E-state index in [9.17, 15) is 0 Å². The highest BCUT2D eigenvalue weighted by Gasteiger charge is 2.04. The van der Waals surface area contributed by atoms with Gasteiger partial charge in [0, 0.05) is 31.0 Å². The van der Waals surface area contributed by atoms with Gasteiger partial charge in [0.25, 0.3) is 0 Å². The van der Waals surface area contributed by atoms with Crippen molar-refractivity contribution >= 4 is 28.7 Å². The maximum absolute atomic E-state index is 9.08. The molecule has 2 aromatic rings. The van der Waals surface area contributed by atoms with Gasteiger partial charge in [-0.2, -0.15) is 0 Å². The Hall–Kier alpha value is -2.11. The number of likely N-dealkylation sites (N-methyl/N-ethyl adjacent to an activating group) is 1. The Bertz CT molecular complexity index is 601. The summed E-state index contributed by atoms with van der Waals surface area (Å²) in [6.07, 6.45) is 0. The fraction of sp³-hybridized carbons (Fsp3) is 0.278. The lowest BCUT2D eigenvalue weighted by atomic mass is 10.2. The fourth-order valence-electron chi connectivity index (χ4n) is 2.30. The van der Waals surface area contributed by atoms with Gasteiger partial charge < -0.3 is 20.6 Å². The Morgan fingerprint density at radius 2 is 1.78 bits per heavy atom. The smallest absolute Gasteiger partial charge is 0.171 e. The molecule has 0 spiro atoms. The van der Waals surface area contributed by atoms with Crippen LogP contribution in [0.4, 0.5) is 11.4 Å². The van der Waals surface area contributed by atoms with Gasteiger partial charge in [0.2, 0.25) is 0 Å². The fourth-order valence-corrected chi connectivity index (χ4v) is 2.49. The third-order valence-electron chi connectivity index (χ3n) is 3.54. The van der Waals surface area contributed by atoms with Crippen molar-refractivity contribution in [2.24, 2.45) is 0 Å². The Labute approximate surface area is 143 Å². The van der Waals surface area contributed by atoms with Gasteiger partial charge in [-0.05, 0) is 49.0 Å². The van der Waals surface area contributed by atoms with Crippen molar-refractivity contribution in [3.05, 3.63) is 60.2 Å². The number of anilines is 2. The maximum atomic E-state index is 9.08. The molecule has 0 unspecified atom stereocenters. The molecule has 0 saturated heterocycles. The van der Waals surface area contributed by atoms with E-state index in [0.717, 1.165) is 17.9 Å². The predicted octanol–water partition coefficient (Wildman–Crippen LogP) is 2.99. The van der Waals surface area contributed by atoms with Crippen LogP contribution in [0.2, 0.25) is 0 Å². The maximum Gasteiger partial charge on any atom is 0.171 e. The number of hydrogen-bond acceptors (Lipinski definition) is 3. The average molecular weight is 329 g/mol. The van der Waals surface area contributed by atoms with E-state index in [1.54, 1.807) is 0 Å². The second-order valence-electron chi connectivity index (χ2n) is 5.14. The molecule has 0 aromatic heterocycles. The molecule has 3 N–H and O–H groups in total. The monoisotopic (exact) mass is 329 g/mol. The first kappa shape index (κ1) is 17.2. The molecule has 0 heterocycles. The molecule has 2 aromatic carbocycles. The van der Waals surface area contributed by atoms with Gasteiger partial charge in [-0.1, -0.05) is 30.3 Å². The highest BCUT2D eigenvalue weighted by Crippen LogP contribution is 2.17. The largest absolute Gasteiger partial charge is 0.395 e. The summed E-state index contributed by atoms with van der Waals surface area (Å²) in [6.45, 7) is 4.43. The normalized spacial score (nSPS) is 10.2. The number of nitrogens with one attached hydrogen (secondary N) is 2. The molecule has 23 heavy (non-hydrogen) atoms. The molecule has 0 aliphatic carbocycles. The molecule has 0 bridgehead atoms. The molecule has 0 saturated carbocycles. The summed E-state index contributed by atoms with van der Waals surface area (Å²) in [5.41, 5.74) is 3.23. The molecule has 0 amide bonds. The zero-order valence-corrected chi connectivity index (χ0v) is 14.1. The Morgan fingerprint density at radius 3 is 2.39 bits per heavy atom. The van der Waals surface area contributed by atoms with E-state index in [2.05, 4.69) is 34.6 Å². The van der Waals surface area contributed by atoms with Gasteiger partial charge in [0.15, 0.2) is 5.11 Å². The van der Waals surface area contributed by atoms with E-state index in [4.69, 9.17) is 17.3 Å². The van der Waals surface area contributed by atoms with Crippen LogP contribution >= 0.6 is 12.2 Å². The van der Waals surface area contributed by atoms with Crippen molar-refractivity contribution in [1.29, 1.82) is 0 Å². The molecule has 0 atom stereocenters. The molecule has 5 heteroatoms.